The number of nitrogens with two attached hydrogens (primary N) is 1. The first-order chi connectivity index (χ1) is 23.8. The van der Waals surface area contributed by atoms with Crippen molar-refractivity contribution in [2.45, 2.75) is 83.0 Å². The van der Waals surface area contributed by atoms with Crippen molar-refractivity contribution in [1.29, 1.82) is 0 Å². The average molecular weight is 742 g/mol. The Morgan fingerprint density at radius 2 is 1.61 bits per heavy atom. The van der Waals surface area contributed by atoms with Gasteiger partial charge in [-0.3, -0.25) is 37.7 Å². The number of hydrogen-bond donors (Lipinski definition) is 5. The molecule has 0 bridgehead atoms. The monoisotopic (exact) mass is 741 g/mol. The first kappa shape index (κ1) is 42.5. The van der Waals surface area contributed by atoms with Gasteiger partial charge in [0.25, 0.3) is 5.91 Å². The molecule has 51 heavy (non-hydrogen) atoms. The summed E-state index contributed by atoms with van der Waals surface area (Å²) in [6, 6.07) is -0.620. The van der Waals surface area contributed by atoms with Crippen LogP contribution < -0.4 is 26.3 Å². The van der Waals surface area contributed by atoms with Crippen LogP contribution in [0.2, 0.25) is 0 Å². The van der Waals surface area contributed by atoms with Crippen molar-refractivity contribution in [2.24, 2.45) is 18.7 Å². The molecule has 0 unspecified atom stereocenters. The van der Waals surface area contributed by atoms with Crippen LogP contribution >= 0.6 is 0 Å². The third-order valence-electron chi connectivity index (χ3n) is 8.09. The predicted molar refractivity (Wildman–Crippen MR) is 176 cm³/mol. The van der Waals surface area contributed by atoms with Crippen LogP contribution in [0.15, 0.2) is 24.5 Å². The zero-order valence-electron chi connectivity index (χ0n) is 29.0. The molecule has 20 heteroatoms. The molecule has 1 aromatic rings. The number of aromatic nitrogens is 1. The van der Waals surface area contributed by atoms with Gasteiger partial charge in [-0.25, -0.2) is 13.0 Å². The van der Waals surface area contributed by atoms with Crippen LogP contribution in [0, 0.1) is 5.92 Å². The van der Waals surface area contributed by atoms with E-state index in [9.17, 15) is 46.5 Å². The van der Waals surface area contributed by atoms with Gasteiger partial charge < -0.3 is 41.1 Å². The number of carbonyl (C=O) groups is 7. The molecular weight excluding hydrogens is 694 g/mol. The van der Waals surface area contributed by atoms with Crippen LogP contribution in [0.4, 0.5) is 0 Å². The topological polar surface area (TPSA) is 279 Å². The van der Waals surface area contributed by atoms with Gasteiger partial charge in [0.1, 0.15) is 43.3 Å². The molecule has 1 aromatic heterocycles. The van der Waals surface area contributed by atoms with Gasteiger partial charge in [-0.15, -0.1) is 0 Å². The van der Waals surface area contributed by atoms with E-state index in [0.29, 0.717) is 37.8 Å². The lowest BCUT2D eigenvalue weighted by Gasteiger charge is -2.31. The highest BCUT2D eigenvalue weighted by atomic mass is 32.3. The summed E-state index contributed by atoms with van der Waals surface area (Å²) in [4.78, 5) is 92.0. The second-order valence-corrected chi connectivity index (χ2v) is 13.7. The Labute approximate surface area is 296 Å². The Bertz CT molecular complexity index is 1550. The van der Waals surface area contributed by atoms with Gasteiger partial charge in [0.15, 0.2) is 12.4 Å². The standard InChI is InChI=1S/C30H43N7O8.CH4O4S/c1-18(2)15-21(30(45)37-14-5-8-22(37)27(42)32-16-25(39)40)34-26(41)20(10-11-24(31)38)33-28(43)23-9-6-13-36(23)29(44)19-7-4-12-35(3)17-19;1-5-6(2,3)4/h4,7,12,17-18,20-23H,5-6,8-11,13-16H2,1-3H3,(H5-,31,32,33,34,38,39,40,41,42,43);1H3,(H,2,3,4)/t20-,21-,22-,23-;/m0./s1. The molecule has 0 saturated carbocycles. The van der Waals surface area contributed by atoms with E-state index in [2.05, 4.69) is 20.1 Å². The molecule has 0 spiro atoms. The van der Waals surface area contributed by atoms with Crippen LogP contribution in [0.5, 0.6) is 0 Å². The quantitative estimate of drug-likeness (QED) is 0.0720. The molecule has 2 fully saturated rings. The van der Waals surface area contributed by atoms with E-state index in [1.54, 1.807) is 36.1 Å². The molecule has 2 aliphatic rings. The van der Waals surface area contributed by atoms with E-state index >= 15 is 0 Å². The number of aliphatic carboxylic acids is 1. The lowest BCUT2D eigenvalue weighted by atomic mass is 10.0. The summed E-state index contributed by atoms with van der Waals surface area (Å²) < 4.78 is 32.7. The largest absolute Gasteiger partial charge is 0.726 e. The van der Waals surface area contributed by atoms with E-state index < -0.39 is 76.6 Å². The van der Waals surface area contributed by atoms with Crippen LogP contribution in [-0.2, 0) is 50.4 Å². The fraction of sp³-hybridized carbons (Fsp3) is 0.613. The summed E-state index contributed by atoms with van der Waals surface area (Å²) in [6.07, 6.45) is 5.15. The van der Waals surface area contributed by atoms with Gasteiger partial charge in [0.05, 0.1) is 7.11 Å². The maximum atomic E-state index is 13.7. The summed E-state index contributed by atoms with van der Waals surface area (Å²) in [5.74, 6) is -4.63. The van der Waals surface area contributed by atoms with Gasteiger partial charge in [-0.2, -0.15) is 0 Å². The number of primary amides is 1. The molecule has 4 atom stereocenters. The molecule has 0 aliphatic carbocycles. The third-order valence-corrected chi connectivity index (χ3v) is 8.50. The summed E-state index contributed by atoms with van der Waals surface area (Å²) in [6.45, 7) is 3.74. The van der Waals surface area contributed by atoms with Crippen LogP contribution in [0.25, 0.3) is 0 Å². The zero-order chi connectivity index (χ0) is 38.5. The number of carbonyl (C=O) groups excluding carboxylic acids is 6. The first-order valence-electron chi connectivity index (χ1n) is 16.3. The maximum Gasteiger partial charge on any atom is 0.322 e. The van der Waals surface area contributed by atoms with Crippen molar-refractivity contribution in [2.75, 3.05) is 26.7 Å². The summed E-state index contributed by atoms with van der Waals surface area (Å²) in [7, 11) is -1.82. The minimum atomic E-state index is -4.41. The Morgan fingerprint density at radius 1 is 1.02 bits per heavy atom. The highest BCUT2D eigenvalue weighted by Crippen LogP contribution is 2.22. The van der Waals surface area contributed by atoms with Crippen molar-refractivity contribution in [3.8, 4) is 0 Å². The number of carboxylic acids is 1. The van der Waals surface area contributed by atoms with E-state index in [1.807, 2.05) is 13.8 Å². The Balaban J connectivity index is 0.00000138. The second-order valence-electron chi connectivity index (χ2n) is 12.5. The molecule has 6 amide bonds. The molecule has 3 heterocycles. The predicted octanol–water partition coefficient (Wildman–Crippen LogP) is -2.32. The molecule has 2 aliphatic heterocycles. The van der Waals surface area contributed by atoms with Crippen LogP contribution in [-0.4, -0.2) is 120 Å². The van der Waals surface area contributed by atoms with Gasteiger partial charge in [-0.05, 0) is 50.5 Å². The minimum absolute atomic E-state index is 0.0438. The van der Waals surface area contributed by atoms with Crippen LogP contribution in [0.1, 0.15) is 69.2 Å². The van der Waals surface area contributed by atoms with Crippen molar-refractivity contribution in [3.05, 3.63) is 30.1 Å². The maximum absolute atomic E-state index is 13.7. The lowest BCUT2D eigenvalue weighted by Crippen LogP contribution is -2.58. The fourth-order valence-electron chi connectivity index (χ4n) is 5.73. The molecule has 3 rings (SSSR count). The molecular formula is C31H47N7O12S. The average Bonchev–Trinajstić information content (AvgIpc) is 3.75. The summed E-state index contributed by atoms with van der Waals surface area (Å²) >= 11 is 0. The number of likely N-dealkylation sites (tertiary alicyclic amines) is 2. The van der Waals surface area contributed by atoms with E-state index in [0.717, 1.165) is 7.11 Å². The third kappa shape index (κ3) is 13.9. The van der Waals surface area contributed by atoms with Crippen molar-refractivity contribution < 1.29 is 60.4 Å². The van der Waals surface area contributed by atoms with E-state index in [1.165, 1.54) is 9.80 Å². The van der Waals surface area contributed by atoms with Gasteiger partial charge >= 0.3 is 5.97 Å². The van der Waals surface area contributed by atoms with E-state index in [4.69, 9.17) is 10.8 Å². The highest BCUT2D eigenvalue weighted by molar-refractivity contribution is 7.80. The summed E-state index contributed by atoms with van der Waals surface area (Å²) in [5, 5.41) is 16.6. The molecule has 284 valence electrons. The number of pyridine rings is 1. The van der Waals surface area contributed by atoms with Crippen molar-refractivity contribution in [1.82, 2.24) is 25.8 Å². The normalized spacial score (nSPS) is 18.2. The molecule has 2 saturated heterocycles. The lowest BCUT2D eigenvalue weighted by molar-refractivity contribution is -0.671. The van der Waals surface area contributed by atoms with Gasteiger partial charge in [-0.1, -0.05) is 13.8 Å². The zero-order valence-corrected chi connectivity index (χ0v) is 29.8. The highest BCUT2D eigenvalue weighted by Gasteiger charge is 2.40. The number of amides is 6. The number of rotatable bonds is 15. The minimum Gasteiger partial charge on any atom is -0.726 e. The van der Waals surface area contributed by atoms with Gasteiger partial charge in [0.2, 0.25) is 39.9 Å². The number of hydrogen-bond acceptors (Lipinski definition) is 11. The smallest absolute Gasteiger partial charge is 0.322 e. The van der Waals surface area contributed by atoms with Crippen molar-refractivity contribution >= 4 is 51.8 Å². The Morgan fingerprint density at radius 3 is 2.14 bits per heavy atom. The number of aryl methyl sites for hydroxylation is 1. The second kappa shape index (κ2) is 19.6. The van der Waals surface area contributed by atoms with Crippen LogP contribution in [0.3, 0.4) is 0 Å². The van der Waals surface area contributed by atoms with E-state index in [-0.39, 0.29) is 37.6 Å². The summed E-state index contributed by atoms with van der Waals surface area (Å²) in [5.41, 5.74) is 5.76. The Kier molecular flexibility index (Phi) is 16.4. The molecule has 0 radical (unpaired) electrons. The fourth-order valence-corrected chi connectivity index (χ4v) is 5.73. The van der Waals surface area contributed by atoms with Gasteiger partial charge in [0, 0.05) is 25.6 Å². The number of nitrogens with one attached hydrogen (secondary N) is 3. The SMILES string of the molecule is CC(C)C[C@H](NC(=O)[C@H](CCC(N)=O)NC(=O)[C@@H]1CCCN1C(=O)c1ccc[n+](C)c1)C(=O)N1CCC[C@H]1C(=O)NCC(=O)O.COS(=O)(=O)[O-]. The molecule has 6 N–H and O–H groups in total. The molecule has 0 aromatic carbocycles. The number of carboxylic acid groups (broad SMARTS) is 1. The first-order valence-corrected chi connectivity index (χ1v) is 17.6. The molecule has 19 nitrogen and oxygen atoms in total. The van der Waals surface area contributed by atoms with Crippen molar-refractivity contribution in [3.63, 3.8) is 0 Å². The Hall–Kier alpha value is -4.69. The number of nitrogens with zero attached hydrogens (tertiary/aromatic N) is 3.